The zero-order valence-corrected chi connectivity index (χ0v) is 22.6. The van der Waals surface area contributed by atoms with Crippen molar-refractivity contribution >= 4 is 23.4 Å². The number of nitrogens with zero attached hydrogens (tertiary/aromatic N) is 3. The van der Waals surface area contributed by atoms with Gasteiger partial charge in [-0.25, -0.2) is 9.48 Å². The summed E-state index contributed by atoms with van der Waals surface area (Å²) in [4.78, 5) is 27.5. The van der Waals surface area contributed by atoms with E-state index in [-0.39, 0.29) is 18.8 Å². The van der Waals surface area contributed by atoms with Crippen molar-refractivity contribution < 1.29 is 27.5 Å². The predicted molar refractivity (Wildman–Crippen MR) is 151 cm³/mol. The Hall–Kier alpha value is -4.80. The van der Waals surface area contributed by atoms with Gasteiger partial charge in [-0.2, -0.15) is 18.3 Å². The lowest BCUT2D eigenvalue weighted by Gasteiger charge is -2.23. The van der Waals surface area contributed by atoms with Crippen LogP contribution in [0.3, 0.4) is 0 Å². The summed E-state index contributed by atoms with van der Waals surface area (Å²) < 4.78 is 47.2. The lowest BCUT2D eigenvalue weighted by Crippen LogP contribution is -2.41. The largest absolute Gasteiger partial charge is 0.497 e. The lowest BCUT2D eigenvalue weighted by atomic mass is 10.1. The molecule has 0 saturated carbocycles. The summed E-state index contributed by atoms with van der Waals surface area (Å²) in [6.45, 7) is 1.71. The van der Waals surface area contributed by atoms with Gasteiger partial charge in [-0.1, -0.05) is 55.8 Å². The van der Waals surface area contributed by atoms with Crippen molar-refractivity contribution in [2.24, 2.45) is 0 Å². The number of anilines is 2. The van der Waals surface area contributed by atoms with E-state index >= 15 is 0 Å². The molecule has 3 amide bonds. The normalized spacial score (nSPS) is 11.1. The van der Waals surface area contributed by atoms with Crippen LogP contribution in [0.5, 0.6) is 5.75 Å². The van der Waals surface area contributed by atoms with Crippen molar-refractivity contribution in [3.05, 3.63) is 90.5 Å². The lowest BCUT2D eigenvalue weighted by molar-refractivity contribution is -0.137. The number of carbonyl (C=O) groups excluding carboxylic acids is 2. The van der Waals surface area contributed by atoms with Crippen LogP contribution in [-0.2, 0) is 11.0 Å². The highest BCUT2D eigenvalue weighted by molar-refractivity contribution is 5.97. The Morgan fingerprint density at radius 1 is 0.951 bits per heavy atom. The molecule has 8 nitrogen and oxygen atoms in total. The molecule has 0 radical (unpaired) electrons. The number of benzene rings is 3. The van der Waals surface area contributed by atoms with Crippen LogP contribution in [0.4, 0.5) is 29.5 Å². The average Bonchev–Trinajstić information content (AvgIpc) is 3.39. The Bertz CT molecular complexity index is 1470. The van der Waals surface area contributed by atoms with Gasteiger partial charge in [0.05, 0.1) is 29.7 Å². The van der Waals surface area contributed by atoms with Crippen LogP contribution in [0, 0.1) is 0 Å². The number of para-hydroxylation sites is 1. The van der Waals surface area contributed by atoms with E-state index in [9.17, 15) is 22.8 Å². The van der Waals surface area contributed by atoms with Crippen LogP contribution in [0.2, 0.25) is 0 Å². The molecule has 41 heavy (non-hydrogen) atoms. The van der Waals surface area contributed by atoms with E-state index in [0.29, 0.717) is 29.4 Å². The van der Waals surface area contributed by atoms with Crippen LogP contribution in [0.15, 0.2) is 84.9 Å². The van der Waals surface area contributed by atoms with E-state index in [1.807, 2.05) is 37.3 Å². The number of urea groups is 1. The van der Waals surface area contributed by atoms with Gasteiger partial charge in [0.15, 0.2) is 0 Å². The van der Waals surface area contributed by atoms with E-state index in [2.05, 4.69) is 15.7 Å². The molecule has 0 fully saturated rings. The SMILES string of the molecule is CCCCN(CC(=O)Nc1cc(-c2ccccc2)nn1-c1ccc(OC)cc1)C(=O)Nc1ccccc1C(F)(F)F. The van der Waals surface area contributed by atoms with E-state index in [1.54, 1.807) is 42.1 Å². The van der Waals surface area contributed by atoms with Crippen molar-refractivity contribution in [2.45, 2.75) is 25.9 Å². The second kappa shape index (κ2) is 13.0. The molecule has 2 N–H and O–H groups in total. The highest BCUT2D eigenvalue weighted by Crippen LogP contribution is 2.34. The maximum Gasteiger partial charge on any atom is 0.418 e. The van der Waals surface area contributed by atoms with Crippen LogP contribution < -0.4 is 15.4 Å². The summed E-state index contributed by atoms with van der Waals surface area (Å²) in [6, 6.07) is 22.1. The Balaban J connectivity index is 1.57. The van der Waals surface area contributed by atoms with Gasteiger partial charge in [-0.05, 0) is 42.8 Å². The molecule has 1 heterocycles. The van der Waals surface area contributed by atoms with E-state index < -0.39 is 23.7 Å². The number of ether oxygens (including phenoxy) is 1. The van der Waals surface area contributed by atoms with Crippen molar-refractivity contribution in [1.82, 2.24) is 14.7 Å². The third kappa shape index (κ3) is 7.44. The number of carbonyl (C=O) groups is 2. The average molecular weight is 566 g/mol. The summed E-state index contributed by atoms with van der Waals surface area (Å²) in [6.07, 6.45) is -3.37. The number of aromatic nitrogens is 2. The molecule has 0 aliphatic rings. The van der Waals surface area contributed by atoms with Gasteiger partial charge in [-0.15, -0.1) is 0 Å². The smallest absolute Gasteiger partial charge is 0.418 e. The summed E-state index contributed by atoms with van der Waals surface area (Å²) in [5.74, 6) is 0.478. The number of unbranched alkanes of at least 4 members (excludes halogenated alkanes) is 1. The third-order valence-electron chi connectivity index (χ3n) is 6.24. The van der Waals surface area contributed by atoms with Crippen LogP contribution in [0.1, 0.15) is 25.3 Å². The third-order valence-corrected chi connectivity index (χ3v) is 6.24. The summed E-state index contributed by atoms with van der Waals surface area (Å²) in [5, 5.41) is 9.82. The minimum Gasteiger partial charge on any atom is -0.497 e. The van der Waals surface area contributed by atoms with Gasteiger partial charge in [0.1, 0.15) is 18.1 Å². The van der Waals surface area contributed by atoms with Gasteiger partial charge in [0.2, 0.25) is 5.91 Å². The standard InChI is InChI=1S/C30H30F3N5O3/c1-3-4-18-37(29(40)34-25-13-9-8-12-24(25)30(31,32)33)20-28(39)35-27-19-26(21-10-6-5-7-11-21)36-38(27)22-14-16-23(41-2)17-15-22/h5-17,19H,3-4,18,20H2,1-2H3,(H,34,40)(H,35,39). The maximum atomic E-state index is 13.5. The first-order valence-corrected chi connectivity index (χ1v) is 13.0. The van der Waals surface area contributed by atoms with E-state index in [4.69, 9.17) is 4.74 Å². The van der Waals surface area contributed by atoms with Crippen molar-refractivity contribution in [3.8, 4) is 22.7 Å². The van der Waals surface area contributed by atoms with E-state index in [0.717, 1.165) is 18.1 Å². The Kier molecular flexibility index (Phi) is 9.28. The van der Waals surface area contributed by atoms with E-state index in [1.165, 1.54) is 23.1 Å². The summed E-state index contributed by atoms with van der Waals surface area (Å²) in [7, 11) is 1.56. The first-order valence-electron chi connectivity index (χ1n) is 13.0. The molecular weight excluding hydrogens is 535 g/mol. The van der Waals surface area contributed by atoms with Crippen molar-refractivity contribution in [1.29, 1.82) is 0 Å². The van der Waals surface area contributed by atoms with Crippen LogP contribution in [-0.4, -0.2) is 46.8 Å². The van der Waals surface area contributed by atoms with Crippen molar-refractivity contribution in [3.63, 3.8) is 0 Å². The number of hydrogen-bond donors (Lipinski definition) is 2. The molecule has 0 bridgehead atoms. The maximum absolute atomic E-state index is 13.5. The fraction of sp³-hybridized carbons (Fsp3) is 0.233. The second-order valence-electron chi connectivity index (χ2n) is 9.19. The minimum atomic E-state index is -4.65. The molecule has 3 aromatic carbocycles. The van der Waals surface area contributed by atoms with Crippen LogP contribution >= 0.6 is 0 Å². The summed E-state index contributed by atoms with van der Waals surface area (Å²) in [5.41, 5.74) is 0.762. The molecule has 214 valence electrons. The molecule has 0 saturated heterocycles. The fourth-order valence-electron chi connectivity index (χ4n) is 4.13. The second-order valence-corrected chi connectivity index (χ2v) is 9.19. The zero-order valence-electron chi connectivity index (χ0n) is 22.6. The highest BCUT2D eigenvalue weighted by atomic mass is 19.4. The molecule has 11 heteroatoms. The molecule has 1 aromatic heterocycles. The Morgan fingerprint density at radius 3 is 2.29 bits per heavy atom. The molecule has 0 aliphatic carbocycles. The van der Waals surface area contributed by atoms with Gasteiger partial charge < -0.3 is 20.3 Å². The first-order chi connectivity index (χ1) is 19.7. The van der Waals surface area contributed by atoms with Gasteiger partial charge in [0, 0.05) is 18.2 Å². The number of methoxy groups -OCH3 is 1. The topological polar surface area (TPSA) is 88.5 Å². The molecule has 4 aromatic rings. The number of amides is 3. The molecule has 0 aliphatic heterocycles. The molecule has 0 unspecified atom stereocenters. The number of rotatable bonds is 10. The van der Waals surface area contributed by atoms with Gasteiger partial charge >= 0.3 is 12.2 Å². The highest BCUT2D eigenvalue weighted by Gasteiger charge is 2.34. The quantitative estimate of drug-likeness (QED) is 0.220. The summed E-state index contributed by atoms with van der Waals surface area (Å²) >= 11 is 0. The molecule has 0 spiro atoms. The number of hydrogen-bond acceptors (Lipinski definition) is 4. The van der Waals surface area contributed by atoms with Gasteiger partial charge in [-0.3, -0.25) is 4.79 Å². The molecule has 0 atom stereocenters. The fourth-order valence-corrected chi connectivity index (χ4v) is 4.13. The molecule has 4 rings (SSSR count). The first kappa shape index (κ1) is 29.2. The van der Waals surface area contributed by atoms with Crippen molar-refractivity contribution in [2.75, 3.05) is 30.8 Å². The van der Waals surface area contributed by atoms with Gasteiger partial charge in [0.25, 0.3) is 0 Å². The monoisotopic (exact) mass is 565 g/mol. The Labute approximate surface area is 235 Å². The predicted octanol–water partition coefficient (Wildman–Crippen LogP) is 6.84. The van der Waals surface area contributed by atoms with Crippen LogP contribution in [0.25, 0.3) is 16.9 Å². The zero-order chi connectivity index (χ0) is 29.4. The Morgan fingerprint density at radius 2 is 1.63 bits per heavy atom. The number of nitrogens with one attached hydrogen (secondary N) is 2. The number of alkyl halides is 3. The number of halogens is 3. The molecular formula is C30H30F3N5O3. The minimum absolute atomic E-state index is 0.178.